The molecule has 0 saturated carbocycles. The Hall–Kier alpha value is -1.22. The molecule has 0 fully saturated rings. The van der Waals surface area contributed by atoms with Crippen molar-refractivity contribution >= 4 is 21.4 Å². The number of hydrogen-bond acceptors (Lipinski definition) is 5. The smallest absolute Gasteiger partial charge is 0.260 e. The van der Waals surface area contributed by atoms with Gasteiger partial charge in [-0.25, -0.2) is 13.1 Å². The lowest BCUT2D eigenvalue weighted by molar-refractivity contribution is 0.277. The average Bonchev–Trinajstić information content (AvgIpc) is 2.97. The first-order chi connectivity index (χ1) is 9.44. The molecule has 0 aromatic carbocycles. The molecule has 2 aromatic heterocycles. The number of aliphatic hydroxyl groups is 1. The van der Waals surface area contributed by atoms with Crippen LogP contribution >= 0.6 is 11.3 Å². The molecule has 0 aliphatic carbocycles. The minimum Gasteiger partial charge on any atom is -0.392 e. The highest BCUT2D eigenvalue weighted by Crippen LogP contribution is 2.17. The standard InChI is InChI=1S/C12H17N3O3S2/c1-8(5-10-3-4-19-7-10)15-20(17,18)12-11(6-16)9(2)13-14-12/h3-4,7-8,15-16H,5-6H2,1-2H3,(H,13,14). The quantitative estimate of drug-likeness (QED) is 0.746. The summed E-state index contributed by atoms with van der Waals surface area (Å²) >= 11 is 1.58. The monoisotopic (exact) mass is 315 g/mol. The summed E-state index contributed by atoms with van der Waals surface area (Å²) in [5.74, 6) is 0. The molecule has 0 bridgehead atoms. The lowest BCUT2D eigenvalue weighted by Gasteiger charge is -2.13. The maximum Gasteiger partial charge on any atom is 0.260 e. The molecule has 3 N–H and O–H groups in total. The van der Waals surface area contributed by atoms with Crippen molar-refractivity contribution in [3.63, 3.8) is 0 Å². The molecule has 0 aliphatic rings. The summed E-state index contributed by atoms with van der Waals surface area (Å²) in [7, 11) is -3.73. The highest BCUT2D eigenvalue weighted by molar-refractivity contribution is 7.89. The van der Waals surface area contributed by atoms with Crippen molar-refractivity contribution in [3.8, 4) is 0 Å². The van der Waals surface area contributed by atoms with Crippen LogP contribution in [0.15, 0.2) is 21.9 Å². The van der Waals surface area contributed by atoms with Crippen molar-refractivity contribution in [2.45, 2.75) is 37.9 Å². The van der Waals surface area contributed by atoms with Crippen LogP contribution in [0, 0.1) is 6.92 Å². The largest absolute Gasteiger partial charge is 0.392 e. The Morgan fingerprint density at radius 2 is 2.30 bits per heavy atom. The number of rotatable bonds is 6. The van der Waals surface area contributed by atoms with Gasteiger partial charge in [0.05, 0.1) is 6.61 Å². The zero-order valence-corrected chi connectivity index (χ0v) is 12.9. The van der Waals surface area contributed by atoms with Gasteiger partial charge in [0.15, 0.2) is 5.03 Å². The van der Waals surface area contributed by atoms with Crippen molar-refractivity contribution in [2.75, 3.05) is 0 Å². The normalized spacial score (nSPS) is 13.6. The minimum atomic E-state index is -3.73. The van der Waals surface area contributed by atoms with Gasteiger partial charge < -0.3 is 5.11 Å². The van der Waals surface area contributed by atoms with Gasteiger partial charge in [0.1, 0.15) is 0 Å². The topological polar surface area (TPSA) is 95.1 Å². The van der Waals surface area contributed by atoms with Crippen molar-refractivity contribution in [3.05, 3.63) is 33.6 Å². The van der Waals surface area contributed by atoms with Gasteiger partial charge in [0.2, 0.25) is 0 Å². The second-order valence-corrected chi connectivity index (χ2v) is 7.06. The van der Waals surface area contributed by atoms with Gasteiger partial charge in [0, 0.05) is 17.3 Å². The number of thiophene rings is 1. The van der Waals surface area contributed by atoms with E-state index < -0.39 is 10.0 Å². The number of nitrogens with one attached hydrogen (secondary N) is 2. The molecule has 2 rings (SSSR count). The summed E-state index contributed by atoms with van der Waals surface area (Å²) in [6.07, 6.45) is 0.612. The predicted molar refractivity (Wildman–Crippen MR) is 77.1 cm³/mol. The van der Waals surface area contributed by atoms with E-state index in [1.807, 2.05) is 16.8 Å². The molecule has 0 saturated heterocycles. The lowest BCUT2D eigenvalue weighted by atomic mass is 10.1. The van der Waals surface area contributed by atoms with Gasteiger partial charge in [-0.3, -0.25) is 5.10 Å². The summed E-state index contributed by atoms with van der Waals surface area (Å²) in [6.45, 7) is 3.11. The minimum absolute atomic E-state index is 0.130. The fourth-order valence-corrected chi connectivity index (χ4v) is 4.08. The van der Waals surface area contributed by atoms with Crippen LogP contribution in [0.4, 0.5) is 0 Å². The van der Waals surface area contributed by atoms with Crippen molar-refractivity contribution in [1.29, 1.82) is 0 Å². The Morgan fingerprint density at radius 3 is 2.90 bits per heavy atom. The first-order valence-corrected chi connectivity index (χ1v) is 8.54. The Bertz CT molecular complexity index is 662. The molecule has 1 atom stereocenters. The number of hydrogen-bond donors (Lipinski definition) is 3. The Kier molecular flexibility index (Phi) is 4.59. The number of H-pyrrole nitrogens is 1. The molecule has 110 valence electrons. The van der Waals surface area contributed by atoms with Gasteiger partial charge in [-0.1, -0.05) is 0 Å². The second-order valence-electron chi connectivity index (χ2n) is 4.65. The lowest BCUT2D eigenvalue weighted by Crippen LogP contribution is -2.34. The van der Waals surface area contributed by atoms with E-state index in [1.54, 1.807) is 25.2 Å². The maximum absolute atomic E-state index is 12.3. The summed E-state index contributed by atoms with van der Waals surface area (Å²) in [5.41, 5.74) is 1.95. The molecule has 0 amide bonds. The summed E-state index contributed by atoms with van der Waals surface area (Å²) < 4.78 is 27.1. The number of sulfonamides is 1. The first-order valence-electron chi connectivity index (χ1n) is 6.12. The maximum atomic E-state index is 12.3. The van der Waals surface area contributed by atoms with Gasteiger partial charge in [-0.2, -0.15) is 16.4 Å². The molecule has 0 radical (unpaired) electrons. The summed E-state index contributed by atoms with van der Waals surface area (Å²) in [4.78, 5) is 0. The highest BCUT2D eigenvalue weighted by Gasteiger charge is 2.25. The second kappa shape index (κ2) is 6.04. The molecule has 20 heavy (non-hydrogen) atoms. The van der Waals surface area contributed by atoms with E-state index in [0.29, 0.717) is 17.7 Å². The van der Waals surface area contributed by atoms with Crippen molar-refractivity contribution in [1.82, 2.24) is 14.9 Å². The Labute approximate surface area is 121 Å². The number of aliphatic hydroxyl groups excluding tert-OH is 1. The van der Waals surface area contributed by atoms with E-state index in [1.165, 1.54) is 0 Å². The third-order valence-corrected chi connectivity index (χ3v) is 5.22. The third kappa shape index (κ3) is 3.26. The van der Waals surface area contributed by atoms with E-state index in [-0.39, 0.29) is 17.7 Å². The predicted octanol–water partition coefficient (Wildman–Crippen LogP) is 1.18. The van der Waals surface area contributed by atoms with E-state index in [9.17, 15) is 13.5 Å². The number of aryl methyl sites for hydroxylation is 1. The zero-order chi connectivity index (χ0) is 14.8. The average molecular weight is 315 g/mol. The van der Waals surface area contributed by atoms with Crippen molar-refractivity contribution in [2.24, 2.45) is 0 Å². The van der Waals surface area contributed by atoms with Crippen LogP contribution in [-0.4, -0.2) is 29.8 Å². The fraction of sp³-hybridized carbons (Fsp3) is 0.417. The zero-order valence-electron chi connectivity index (χ0n) is 11.3. The van der Waals surface area contributed by atoms with Crippen molar-refractivity contribution < 1.29 is 13.5 Å². The van der Waals surface area contributed by atoms with E-state index in [0.717, 1.165) is 5.56 Å². The van der Waals surface area contributed by atoms with Crippen LogP contribution in [0.5, 0.6) is 0 Å². The SMILES string of the molecule is Cc1[nH]nc(S(=O)(=O)NC(C)Cc2ccsc2)c1CO. The van der Waals surface area contributed by atoms with Gasteiger partial charge in [-0.15, -0.1) is 0 Å². The Balaban J connectivity index is 2.14. The Morgan fingerprint density at radius 1 is 1.55 bits per heavy atom. The van der Waals surface area contributed by atoms with E-state index in [2.05, 4.69) is 14.9 Å². The van der Waals surface area contributed by atoms with Crippen LogP contribution in [0.3, 0.4) is 0 Å². The third-order valence-electron chi connectivity index (χ3n) is 2.93. The molecule has 8 heteroatoms. The summed E-state index contributed by atoms with van der Waals surface area (Å²) in [5, 5.41) is 19.4. The highest BCUT2D eigenvalue weighted by atomic mass is 32.2. The van der Waals surface area contributed by atoms with Gasteiger partial charge >= 0.3 is 0 Å². The first kappa shape index (κ1) is 15.2. The van der Waals surface area contributed by atoms with E-state index in [4.69, 9.17) is 0 Å². The van der Waals surface area contributed by atoms with E-state index >= 15 is 0 Å². The summed E-state index contributed by atoms with van der Waals surface area (Å²) in [6, 6.07) is 1.71. The molecule has 2 heterocycles. The van der Waals surface area contributed by atoms with Crippen LogP contribution in [0.25, 0.3) is 0 Å². The molecule has 1 unspecified atom stereocenters. The molecular weight excluding hydrogens is 298 g/mol. The molecule has 0 aliphatic heterocycles. The molecular formula is C12H17N3O3S2. The fourth-order valence-electron chi connectivity index (χ4n) is 1.96. The van der Waals surface area contributed by atoms with Gasteiger partial charge in [-0.05, 0) is 42.7 Å². The number of nitrogens with zero attached hydrogens (tertiary/aromatic N) is 1. The number of aromatic nitrogens is 2. The van der Waals surface area contributed by atoms with Gasteiger partial charge in [0.25, 0.3) is 10.0 Å². The molecule has 6 nitrogen and oxygen atoms in total. The number of aromatic amines is 1. The van der Waals surface area contributed by atoms with Crippen LogP contribution in [-0.2, 0) is 23.1 Å². The molecule has 0 spiro atoms. The van der Waals surface area contributed by atoms with Crippen LogP contribution < -0.4 is 4.72 Å². The molecule has 2 aromatic rings. The van der Waals surface area contributed by atoms with Crippen LogP contribution in [0.1, 0.15) is 23.7 Å². The van der Waals surface area contributed by atoms with Crippen LogP contribution in [0.2, 0.25) is 0 Å².